The van der Waals surface area contributed by atoms with Crippen LogP contribution in [0.15, 0.2) is 96.6 Å². The highest BCUT2D eigenvalue weighted by atomic mass is 15.2. The van der Waals surface area contributed by atoms with Gasteiger partial charge < -0.3 is 9.47 Å². The zero-order valence-corrected chi connectivity index (χ0v) is 24.7. The van der Waals surface area contributed by atoms with Crippen LogP contribution in [-0.4, -0.2) is 10.6 Å². The maximum atomic E-state index is 2.55. The second-order valence-corrected chi connectivity index (χ2v) is 13.8. The van der Waals surface area contributed by atoms with Crippen LogP contribution in [0.2, 0.25) is 0 Å². The molecule has 2 heterocycles. The van der Waals surface area contributed by atoms with Crippen molar-refractivity contribution in [2.45, 2.75) is 71.8 Å². The standard InChI is InChI=1S/C38H40N2/c1-37(2,3)25-18-20-35-31(22-25)32-23-26(38(4,5)6)19-21-36(32)40(35)28-13-11-12-27(24-28)39-33-16-9-7-14-29(33)30-15-8-10-17-34(30)39/h7-18,20,22-24,29,33H,19,21H2,1-6H3. The minimum atomic E-state index is 0.107. The lowest BCUT2D eigenvalue weighted by Crippen LogP contribution is -2.28. The monoisotopic (exact) mass is 524 g/mol. The van der Waals surface area contributed by atoms with Crippen LogP contribution in [0.4, 0.5) is 11.4 Å². The summed E-state index contributed by atoms with van der Waals surface area (Å²) in [5.74, 6) is 0.391. The predicted molar refractivity (Wildman–Crippen MR) is 171 cm³/mol. The summed E-state index contributed by atoms with van der Waals surface area (Å²) in [5, 5.41) is 1.38. The lowest BCUT2D eigenvalue weighted by molar-refractivity contribution is 0.483. The number of hydrogen-bond donors (Lipinski definition) is 0. The highest BCUT2D eigenvalue weighted by Crippen LogP contribution is 2.48. The molecule has 0 saturated carbocycles. The zero-order chi connectivity index (χ0) is 27.8. The number of fused-ring (bicyclic) bond motifs is 6. The summed E-state index contributed by atoms with van der Waals surface area (Å²) < 4.78 is 2.55. The average molecular weight is 525 g/mol. The number of nitrogens with zero attached hydrogens (tertiary/aromatic N) is 2. The number of hydrogen-bond acceptors (Lipinski definition) is 1. The van der Waals surface area contributed by atoms with Crippen molar-refractivity contribution in [3.05, 3.63) is 119 Å². The first kappa shape index (κ1) is 25.2. The van der Waals surface area contributed by atoms with Gasteiger partial charge in [-0.2, -0.15) is 0 Å². The van der Waals surface area contributed by atoms with Crippen LogP contribution < -0.4 is 4.90 Å². The maximum absolute atomic E-state index is 2.55. The molecule has 2 nitrogen and oxygen atoms in total. The number of benzene rings is 3. The SMILES string of the molecule is CC(C)(C)C1=Cc2c(n(-c3cccc(N4c5ccccc5C5C=CC=CC54)c3)c3ccc(C(C)(C)C)cc23)CC1. The van der Waals surface area contributed by atoms with E-state index in [2.05, 4.69) is 148 Å². The molecule has 0 amide bonds. The fraction of sp³-hybridized carbons (Fsp3) is 0.316. The molecule has 2 unspecified atom stereocenters. The summed E-state index contributed by atoms with van der Waals surface area (Å²) in [6, 6.07) is 25.6. The van der Waals surface area contributed by atoms with E-state index in [-0.39, 0.29) is 10.8 Å². The fourth-order valence-corrected chi connectivity index (χ4v) is 7.00. The second-order valence-electron chi connectivity index (χ2n) is 13.8. The van der Waals surface area contributed by atoms with Gasteiger partial charge in [0.1, 0.15) is 0 Å². The predicted octanol–water partition coefficient (Wildman–Crippen LogP) is 10.0. The Morgan fingerprint density at radius 1 is 0.725 bits per heavy atom. The van der Waals surface area contributed by atoms with E-state index in [0.29, 0.717) is 12.0 Å². The number of rotatable bonds is 2. The average Bonchev–Trinajstić information content (AvgIpc) is 3.44. The molecule has 0 spiro atoms. The first-order valence-corrected chi connectivity index (χ1v) is 14.8. The van der Waals surface area contributed by atoms with Gasteiger partial charge in [-0.3, -0.25) is 0 Å². The molecule has 2 heteroatoms. The van der Waals surface area contributed by atoms with Crippen LogP contribution in [-0.2, 0) is 11.8 Å². The van der Waals surface area contributed by atoms with Crippen molar-refractivity contribution in [2.75, 3.05) is 4.90 Å². The van der Waals surface area contributed by atoms with E-state index < -0.39 is 0 Å². The Kier molecular flexibility index (Phi) is 5.58. The Labute approximate surface area is 239 Å². The number of allylic oxidation sites excluding steroid dienone is 3. The van der Waals surface area contributed by atoms with Crippen LogP contribution in [0.25, 0.3) is 22.7 Å². The first-order chi connectivity index (χ1) is 19.1. The van der Waals surface area contributed by atoms with Crippen LogP contribution in [0, 0.1) is 5.41 Å². The Morgan fingerprint density at radius 3 is 2.30 bits per heavy atom. The van der Waals surface area contributed by atoms with Crippen molar-refractivity contribution in [1.82, 2.24) is 4.57 Å². The molecule has 2 atom stereocenters. The van der Waals surface area contributed by atoms with Gasteiger partial charge in [-0.25, -0.2) is 0 Å². The topological polar surface area (TPSA) is 8.17 Å². The van der Waals surface area contributed by atoms with E-state index >= 15 is 0 Å². The molecule has 202 valence electrons. The molecule has 0 fully saturated rings. The third-order valence-corrected chi connectivity index (χ3v) is 9.21. The van der Waals surface area contributed by atoms with E-state index in [4.69, 9.17) is 0 Å². The first-order valence-electron chi connectivity index (χ1n) is 14.8. The van der Waals surface area contributed by atoms with Gasteiger partial charge >= 0.3 is 0 Å². The molecule has 3 aromatic carbocycles. The zero-order valence-electron chi connectivity index (χ0n) is 24.7. The maximum Gasteiger partial charge on any atom is 0.0629 e. The van der Waals surface area contributed by atoms with Gasteiger partial charge in [0, 0.05) is 39.6 Å². The van der Waals surface area contributed by atoms with Gasteiger partial charge in [-0.15, -0.1) is 0 Å². The molecule has 0 bridgehead atoms. The van der Waals surface area contributed by atoms with Crippen molar-refractivity contribution in [1.29, 1.82) is 0 Å². The highest BCUT2D eigenvalue weighted by molar-refractivity contribution is 5.94. The van der Waals surface area contributed by atoms with Crippen LogP contribution in [0.3, 0.4) is 0 Å². The van der Waals surface area contributed by atoms with Crippen molar-refractivity contribution in [3.8, 4) is 5.69 Å². The molecule has 3 aliphatic rings. The smallest absolute Gasteiger partial charge is 0.0629 e. The van der Waals surface area contributed by atoms with Crippen LogP contribution >= 0.6 is 0 Å². The lowest BCUT2D eigenvalue weighted by atomic mass is 9.79. The third kappa shape index (κ3) is 3.91. The highest BCUT2D eigenvalue weighted by Gasteiger charge is 2.37. The minimum absolute atomic E-state index is 0.107. The minimum Gasteiger partial charge on any atom is -0.333 e. The summed E-state index contributed by atoms with van der Waals surface area (Å²) >= 11 is 0. The molecular weight excluding hydrogens is 484 g/mol. The van der Waals surface area contributed by atoms with Gasteiger partial charge in [0.2, 0.25) is 0 Å². The molecule has 2 aliphatic carbocycles. The van der Waals surface area contributed by atoms with Crippen molar-refractivity contribution >= 4 is 28.4 Å². The van der Waals surface area contributed by atoms with Gasteiger partial charge in [0.05, 0.1) is 11.6 Å². The molecule has 1 aliphatic heterocycles. The van der Waals surface area contributed by atoms with E-state index in [0.717, 1.165) is 12.8 Å². The molecule has 0 saturated heterocycles. The Bertz CT molecular complexity index is 1730. The Morgan fingerprint density at radius 2 is 1.50 bits per heavy atom. The third-order valence-electron chi connectivity index (χ3n) is 9.21. The van der Waals surface area contributed by atoms with Gasteiger partial charge in [0.15, 0.2) is 0 Å². The van der Waals surface area contributed by atoms with Crippen molar-refractivity contribution in [2.24, 2.45) is 5.41 Å². The molecular formula is C38H40N2. The largest absolute Gasteiger partial charge is 0.333 e. The van der Waals surface area contributed by atoms with Gasteiger partial charge in [0.25, 0.3) is 0 Å². The molecule has 1 aromatic heterocycles. The van der Waals surface area contributed by atoms with Crippen molar-refractivity contribution < 1.29 is 0 Å². The fourth-order valence-electron chi connectivity index (χ4n) is 7.00. The number of aromatic nitrogens is 1. The summed E-state index contributed by atoms with van der Waals surface area (Å²) in [6.45, 7) is 14.0. The van der Waals surface area contributed by atoms with Crippen LogP contribution in [0.1, 0.15) is 76.3 Å². The Balaban J connectivity index is 1.42. The van der Waals surface area contributed by atoms with E-state index in [9.17, 15) is 0 Å². The quantitative estimate of drug-likeness (QED) is 0.253. The Hall–Kier alpha value is -3.78. The van der Waals surface area contributed by atoms with E-state index in [1.807, 2.05) is 0 Å². The lowest BCUT2D eigenvalue weighted by Gasteiger charge is -2.29. The van der Waals surface area contributed by atoms with Crippen molar-refractivity contribution in [3.63, 3.8) is 0 Å². The van der Waals surface area contributed by atoms with E-state index in [1.54, 1.807) is 5.57 Å². The van der Waals surface area contributed by atoms with Crippen LogP contribution in [0.5, 0.6) is 0 Å². The van der Waals surface area contributed by atoms with Gasteiger partial charge in [-0.05, 0) is 71.2 Å². The summed E-state index contributed by atoms with van der Waals surface area (Å²) in [6.07, 6.45) is 13.8. The summed E-state index contributed by atoms with van der Waals surface area (Å²) in [4.78, 5) is 2.54. The molecule has 4 aromatic rings. The molecule has 40 heavy (non-hydrogen) atoms. The van der Waals surface area contributed by atoms with E-state index in [1.165, 1.54) is 50.3 Å². The molecule has 0 radical (unpaired) electrons. The molecule has 7 rings (SSSR count). The summed E-state index contributed by atoms with van der Waals surface area (Å²) in [5.41, 5.74) is 12.6. The molecule has 0 N–H and O–H groups in total. The summed E-state index contributed by atoms with van der Waals surface area (Å²) in [7, 11) is 0. The number of anilines is 2. The second kappa shape index (κ2) is 8.86. The normalized spacial score (nSPS) is 19.9. The van der Waals surface area contributed by atoms with Gasteiger partial charge in [-0.1, -0.05) is 108 Å². The number of para-hydroxylation sites is 1.